The van der Waals surface area contributed by atoms with Crippen molar-refractivity contribution in [3.05, 3.63) is 45.4 Å². The smallest absolute Gasteiger partial charge is 0.265 e. The van der Waals surface area contributed by atoms with E-state index >= 15 is 0 Å². The van der Waals surface area contributed by atoms with Crippen molar-refractivity contribution in [1.82, 2.24) is 0 Å². The number of anilines is 1. The maximum absolute atomic E-state index is 13.5. The molecule has 2 nitrogen and oxygen atoms in total. The lowest BCUT2D eigenvalue weighted by Crippen LogP contribution is -2.11. The molecule has 0 radical (unpaired) electrons. The van der Waals surface area contributed by atoms with Crippen LogP contribution in [0.15, 0.2) is 34.5 Å². The molecule has 0 unspecified atom stereocenters. The van der Waals surface area contributed by atoms with Crippen LogP contribution in [0.1, 0.15) is 9.67 Å². The Morgan fingerprint density at radius 1 is 1.47 bits per heavy atom. The summed E-state index contributed by atoms with van der Waals surface area (Å²) in [5, 5.41) is 4.16. The summed E-state index contributed by atoms with van der Waals surface area (Å²) >= 11 is 11.0. The second-order valence-corrected chi connectivity index (χ2v) is 5.06. The summed E-state index contributed by atoms with van der Waals surface area (Å²) in [5.74, 6) is -1.01. The number of hydrogen-bond donors (Lipinski definition) is 2. The molecule has 0 atom stereocenters. The van der Waals surface area contributed by atoms with E-state index in [0.29, 0.717) is 9.77 Å². The van der Waals surface area contributed by atoms with Crippen LogP contribution >= 0.6 is 35.6 Å². The van der Waals surface area contributed by atoms with Crippen molar-refractivity contribution in [3.63, 3.8) is 0 Å². The molecule has 0 spiro atoms. The van der Waals surface area contributed by atoms with E-state index in [4.69, 9.17) is 11.6 Å². The highest BCUT2D eigenvalue weighted by Gasteiger charge is 2.12. The first-order chi connectivity index (χ1) is 8.08. The van der Waals surface area contributed by atoms with Gasteiger partial charge in [0.2, 0.25) is 0 Å². The normalized spacial score (nSPS) is 10.3. The van der Waals surface area contributed by atoms with E-state index < -0.39 is 5.82 Å². The molecule has 1 N–H and O–H groups in total. The van der Waals surface area contributed by atoms with Crippen LogP contribution in [0.3, 0.4) is 0 Å². The number of carbonyl (C=O) groups is 1. The molecule has 1 aromatic heterocycles. The number of carbonyl (C=O) groups excluding carboxylic acids is 1. The third kappa shape index (κ3) is 2.80. The zero-order chi connectivity index (χ0) is 12.4. The van der Waals surface area contributed by atoms with Crippen molar-refractivity contribution in [2.24, 2.45) is 0 Å². The predicted molar refractivity (Wildman–Crippen MR) is 70.9 cm³/mol. The summed E-state index contributed by atoms with van der Waals surface area (Å²) in [4.78, 5) is 12.9. The Balaban J connectivity index is 2.21. The third-order valence-corrected chi connectivity index (χ3v) is 3.66. The number of halogens is 2. The molecule has 2 rings (SSSR count). The second kappa shape index (κ2) is 5.08. The number of thiol groups is 1. The van der Waals surface area contributed by atoms with E-state index in [1.165, 1.54) is 23.5 Å². The summed E-state index contributed by atoms with van der Waals surface area (Å²) in [6.07, 6.45) is 0. The standard InChI is InChI=1S/C11H7ClFNOS2/c12-7-2-1-3-8(10(7)13)14-11(15)9-4-6(16)5-17-9/h1-5,16H,(H,14,15). The van der Waals surface area contributed by atoms with Crippen LogP contribution in [0, 0.1) is 5.82 Å². The Kier molecular flexibility index (Phi) is 3.71. The number of thiophene rings is 1. The van der Waals surface area contributed by atoms with Crippen molar-refractivity contribution in [2.75, 3.05) is 5.32 Å². The van der Waals surface area contributed by atoms with E-state index in [0.717, 1.165) is 0 Å². The van der Waals surface area contributed by atoms with Gasteiger partial charge in [-0.05, 0) is 18.2 Å². The van der Waals surface area contributed by atoms with Crippen molar-refractivity contribution in [3.8, 4) is 0 Å². The van der Waals surface area contributed by atoms with Crippen LogP contribution < -0.4 is 5.32 Å². The predicted octanol–water partition coefficient (Wildman–Crippen LogP) is 4.08. The molecule has 0 saturated heterocycles. The van der Waals surface area contributed by atoms with Crippen LogP contribution in [0.5, 0.6) is 0 Å². The molecule has 6 heteroatoms. The molecule has 1 aromatic carbocycles. The highest BCUT2D eigenvalue weighted by atomic mass is 35.5. The van der Waals surface area contributed by atoms with Gasteiger partial charge >= 0.3 is 0 Å². The minimum atomic E-state index is -0.634. The summed E-state index contributed by atoms with van der Waals surface area (Å²) in [5.41, 5.74) is 0.0663. The molecule has 1 amide bonds. The van der Waals surface area contributed by atoms with Crippen LogP contribution in [0.4, 0.5) is 10.1 Å². The number of hydrogen-bond acceptors (Lipinski definition) is 3. The molecule has 88 valence electrons. The van der Waals surface area contributed by atoms with Crippen molar-refractivity contribution < 1.29 is 9.18 Å². The Bertz CT molecular complexity index is 570. The number of amides is 1. The molecule has 0 fully saturated rings. The van der Waals surface area contributed by atoms with E-state index in [-0.39, 0.29) is 16.6 Å². The molecule has 1 heterocycles. The quantitative estimate of drug-likeness (QED) is 0.801. The molecule has 0 bridgehead atoms. The van der Waals surface area contributed by atoms with Gasteiger partial charge in [0.15, 0.2) is 5.82 Å². The first-order valence-corrected chi connectivity index (χ1v) is 6.31. The topological polar surface area (TPSA) is 29.1 Å². The van der Waals surface area contributed by atoms with Crippen LogP contribution in [0.25, 0.3) is 0 Å². The highest BCUT2D eigenvalue weighted by Crippen LogP contribution is 2.24. The van der Waals surface area contributed by atoms with E-state index in [1.807, 2.05) is 0 Å². The molecule has 17 heavy (non-hydrogen) atoms. The SMILES string of the molecule is O=C(Nc1cccc(Cl)c1F)c1cc(S)cs1. The number of nitrogens with one attached hydrogen (secondary N) is 1. The van der Waals surface area contributed by atoms with Crippen LogP contribution in [0.2, 0.25) is 5.02 Å². The Hall–Kier alpha value is -1.04. The monoisotopic (exact) mass is 287 g/mol. The van der Waals surface area contributed by atoms with Gasteiger partial charge in [0.25, 0.3) is 5.91 Å². The molecular formula is C11H7ClFNOS2. The summed E-state index contributed by atoms with van der Waals surface area (Å²) in [7, 11) is 0. The van der Waals surface area contributed by atoms with Gasteiger partial charge in [-0.15, -0.1) is 24.0 Å². The maximum atomic E-state index is 13.5. The highest BCUT2D eigenvalue weighted by molar-refractivity contribution is 7.80. The lowest BCUT2D eigenvalue weighted by Gasteiger charge is -2.05. The van der Waals surface area contributed by atoms with Crippen molar-refractivity contribution >= 4 is 47.2 Å². The molecular weight excluding hydrogens is 281 g/mol. The average Bonchev–Trinajstić information content (AvgIpc) is 2.72. The van der Waals surface area contributed by atoms with Crippen molar-refractivity contribution in [2.45, 2.75) is 4.90 Å². The fraction of sp³-hybridized carbons (Fsp3) is 0. The van der Waals surface area contributed by atoms with Gasteiger partial charge in [-0.2, -0.15) is 0 Å². The maximum Gasteiger partial charge on any atom is 0.265 e. The second-order valence-electron chi connectivity index (χ2n) is 3.22. The van der Waals surface area contributed by atoms with Gasteiger partial charge in [0, 0.05) is 10.3 Å². The summed E-state index contributed by atoms with van der Waals surface area (Å²) in [6, 6.07) is 6.06. The molecule has 2 aromatic rings. The Morgan fingerprint density at radius 3 is 2.88 bits per heavy atom. The summed E-state index contributed by atoms with van der Waals surface area (Å²) < 4.78 is 13.5. The van der Waals surface area contributed by atoms with Gasteiger partial charge in [0.05, 0.1) is 15.6 Å². The largest absolute Gasteiger partial charge is 0.319 e. The minimum absolute atomic E-state index is 0.0242. The first-order valence-electron chi connectivity index (χ1n) is 4.61. The lowest BCUT2D eigenvalue weighted by molar-refractivity contribution is 0.103. The average molecular weight is 288 g/mol. The summed E-state index contributed by atoms with van der Waals surface area (Å²) in [6.45, 7) is 0. The zero-order valence-electron chi connectivity index (χ0n) is 8.41. The van der Waals surface area contributed by atoms with E-state index in [1.54, 1.807) is 17.5 Å². The van der Waals surface area contributed by atoms with Crippen LogP contribution in [-0.2, 0) is 0 Å². The number of benzene rings is 1. The van der Waals surface area contributed by atoms with E-state index in [9.17, 15) is 9.18 Å². The van der Waals surface area contributed by atoms with Gasteiger partial charge in [-0.1, -0.05) is 17.7 Å². The Morgan fingerprint density at radius 2 is 2.24 bits per heavy atom. The van der Waals surface area contributed by atoms with Gasteiger partial charge in [-0.25, -0.2) is 4.39 Å². The van der Waals surface area contributed by atoms with Gasteiger partial charge < -0.3 is 5.32 Å². The van der Waals surface area contributed by atoms with Crippen molar-refractivity contribution in [1.29, 1.82) is 0 Å². The zero-order valence-corrected chi connectivity index (χ0v) is 10.9. The third-order valence-electron chi connectivity index (χ3n) is 2.01. The molecule has 0 saturated carbocycles. The van der Waals surface area contributed by atoms with E-state index in [2.05, 4.69) is 17.9 Å². The first kappa shape index (κ1) is 12.4. The molecule has 0 aliphatic carbocycles. The Labute approximate surface area is 112 Å². The van der Waals surface area contributed by atoms with Gasteiger partial charge in [-0.3, -0.25) is 4.79 Å². The van der Waals surface area contributed by atoms with Gasteiger partial charge in [0.1, 0.15) is 0 Å². The molecule has 0 aliphatic heterocycles. The fourth-order valence-electron chi connectivity index (χ4n) is 1.23. The molecule has 0 aliphatic rings. The lowest BCUT2D eigenvalue weighted by atomic mass is 10.3. The number of rotatable bonds is 2. The fourth-order valence-corrected chi connectivity index (χ4v) is 2.45. The van der Waals surface area contributed by atoms with Crippen LogP contribution in [-0.4, -0.2) is 5.91 Å². The minimum Gasteiger partial charge on any atom is -0.319 e.